The van der Waals surface area contributed by atoms with Crippen LogP contribution in [0.4, 0.5) is 0 Å². The van der Waals surface area contributed by atoms with Crippen LogP contribution in [0.15, 0.2) is 117 Å². The zero-order chi connectivity index (χ0) is 38.8. The average Bonchev–Trinajstić information content (AvgIpc) is 3.17. The number of benzene rings is 4. The molecule has 0 fully saturated rings. The van der Waals surface area contributed by atoms with Gasteiger partial charge >= 0.3 is 17.6 Å². The van der Waals surface area contributed by atoms with Gasteiger partial charge in [0.25, 0.3) is 0 Å². The molecule has 3 aliphatic rings. The molecule has 5 aromatic rings. The standard InChI is InChI=1S/C49H46O7/c1-31(2)40-22-18-34-17-19-39-29-36(16-15-33-12-9-13-35(27-33)26-32-10-5-4-6-11-32)30-43(51)54-46-44-41(23-20-37-21-24-42(50)53-45(37)44)56-49(3,47(46)55-48(40)52)25-8-7-14-38(39)28-34/h4-6,9-13,17,19-21,23-24,27-28,36,46-47H,14-16,18,22,25-26,29-30H2,1-3H3/t36-,46?,47+,49+/m1/s1. The van der Waals surface area contributed by atoms with Crippen LogP contribution in [0.3, 0.4) is 0 Å². The van der Waals surface area contributed by atoms with E-state index in [1.807, 2.05) is 26.8 Å². The summed E-state index contributed by atoms with van der Waals surface area (Å²) in [4.78, 5) is 41.4. The highest BCUT2D eigenvalue weighted by molar-refractivity contribution is 5.90. The first-order valence-electron chi connectivity index (χ1n) is 19.6. The molecule has 7 heteroatoms. The molecule has 5 bridgehead atoms. The zero-order valence-electron chi connectivity index (χ0n) is 32.2. The number of allylic oxidation sites excluding steroid dienone is 1. The van der Waals surface area contributed by atoms with Crippen LogP contribution in [0, 0.1) is 17.8 Å². The summed E-state index contributed by atoms with van der Waals surface area (Å²) in [5.41, 5.74) is 7.36. The molecule has 8 rings (SSSR count). The number of fused-ring (bicyclic) bond motifs is 7. The normalized spacial score (nSPS) is 22.1. The second-order valence-electron chi connectivity index (χ2n) is 15.9. The van der Waals surface area contributed by atoms with Crippen LogP contribution in [-0.2, 0) is 51.2 Å². The summed E-state index contributed by atoms with van der Waals surface area (Å²) in [7, 11) is 0. The van der Waals surface area contributed by atoms with Gasteiger partial charge in [-0.2, -0.15) is 0 Å². The number of carbonyl (C=O) groups is 2. The molecule has 7 nitrogen and oxygen atoms in total. The molecular weight excluding hydrogens is 701 g/mol. The van der Waals surface area contributed by atoms with Gasteiger partial charge in [0.05, 0.1) is 12.0 Å². The molecule has 0 amide bonds. The summed E-state index contributed by atoms with van der Waals surface area (Å²) in [5, 5.41) is 0.630. The number of ether oxygens (including phenoxy) is 3. The molecular formula is C49H46O7. The number of hydrogen-bond acceptors (Lipinski definition) is 7. The van der Waals surface area contributed by atoms with Gasteiger partial charge in [0.15, 0.2) is 17.8 Å². The summed E-state index contributed by atoms with van der Waals surface area (Å²) in [5.74, 6) is 6.15. The maximum Gasteiger partial charge on any atom is 0.336 e. The summed E-state index contributed by atoms with van der Waals surface area (Å²) < 4.78 is 25.5. The predicted octanol–water partition coefficient (Wildman–Crippen LogP) is 9.15. The third kappa shape index (κ3) is 7.93. The third-order valence-corrected chi connectivity index (χ3v) is 11.5. The van der Waals surface area contributed by atoms with E-state index in [-0.39, 0.29) is 24.3 Å². The molecule has 0 saturated heterocycles. The average molecular weight is 747 g/mol. The van der Waals surface area contributed by atoms with Crippen molar-refractivity contribution in [2.45, 2.75) is 96.4 Å². The van der Waals surface area contributed by atoms with Crippen molar-refractivity contribution in [2.24, 2.45) is 5.92 Å². The van der Waals surface area contributed by atoms with E-state index in [4.69, 9.17) is 18.6 Å². The zero-order valence-corrected chi connectivity index (χ0v) is 32.2. The lowest BCUT2D eigenvalue weighted by molar-refractivity contribution is -0.190. The van der Waals surface area contributed by atoms with Crippen molar-refractivity contribution in [3.63, 3.8) is 0 Å². The monoisotopic (exact) mass is 746 g/mol. The van der Waals surface area contributed by atoms with Crippen LogP contribution < -0.4 is 10.4 Å². The molecule has 1 unspecified atom stereocenters. The number of aryl methyl sites for hydroxylation is 2. The van der Waals surface area contributed by atoms with Crippen LogP contribution in [0.2, 0.25) is 0 Å². The van der Waals surface area contributed by atoms with Gasteiger partial charge in [-0.05, 0) is 117 Å². The first-order valence-corrected chi connectivity index (χ1v) is 19.6. The minimum absolute atomic E-state index is 0.0666. The summed E-state index contributed by atoms with van der Waals surface area (Å²) in [6.07, 6.45) is 2.81. The largest absolute Gasteiger partial charge is 0.482 e. The number of esters is 2. The fourth-order valence-corrected chi connectivity index (χ4v) is 8.44. The number of carbonyl (C=O) groups excluding carboxylic acids is 2. The second kappa shape index (κ2) is 15.7. The second-order valence-corrected chi connectivity index (χ2v) is 15.9. The lowest BCUT2D eigenvalue weighted by atomic mass is 9.83. The van der Waals surface area contributed by atoms with Crippen LogP contribution >= 0.6 is 0 Å². The lowest BCUT2D eigenvalue weighted by Gasteiger charge is -2.44. The molecule has 4 aromatic carbocycles. The molecule has 0 radical (unpaired) electrons. The van der Waals surface area contributed by atoms with E-state index >= 15 is 0 Å². The van der Waals surface area contributed by atoms with Crippen molar-refractivity contribution < 1.29 is 28.2 Å². The Kier molecular flexibility index (Phi) is 10.4. The fraction of sp³-hybridized carbons (Fsp3) is 0.327. The Morgan fingerprint density at radius 3 is 2.43 bits per heavy atom. The van der Waals surface area contributed by atoms with Crippen LogP contribution in [0.1, 0.15) is 91.5 Å². The maximum atomic E-state index is 14.5. The van der Waals surface area contributed by atoms with E-state index in [2.05, 4.69) is 78.6 Å². The fourth-order valence-electron chi connectivity index (χ4n) is 8.44. The van der Waals surface area contributed by atoms with E-state index in [0.717, 1.165) is 41.5 Å². The number of hydrogen-bond donors (Lipinski definition) is 0. The van der Waals surface area contributed by atoms with Crippen LogP contribution in [0.25, 0.3) is 11.0 Å². The van der Waals surface area contributed by atoms with Gasteiger partial charge in [0, 0.05) is 29.9 Å². The summed E-state index contributed by atoms with van der Waals surface area (Å²) in [6, 6.07) is 32.3. The van der Waals surface area contributed by atoms with Gasteiger partial charge in [0.2, 0.25) is 0 Å². The van der Waals surface area contributed by atoms with Crippen molar-refractivity contribution in [1.29, 1.82) is 0 Å². The van der Waals surface area contributed by atoms with Crippen molar-refractivity contribution in [3.8, 4) is 17.6 Å². The van der Waals surface area contributed by atoms with Gasteiger partial charge < -0.3 is 18.6 Å². The molecule has 56 heavy (non-hydrogen) atoms. The van der Waals surface area contributed by atoms with Gasteiger partial charge in [-0.3, -0.25) is 4.79 Å². The minimum Gasteiger partial charge on any atom is -0.482 e. The highest BCUT2D eigenvalue weighted by atomic mass is 16.6. The van der Waals surface area contributed by atoms with E-state index in [1.54, 1.807) is 18.2 Å². The van der Waals surface area contributed by atoms with Gasteiger partial charge in [-0.1, -0.05) is 90.2 Å². The Hall–Kier alpha value is -5.87. The van der Waals surface area contributed by atoms with Crippen LogP contribution in [0.5, 0.6) is 5.75 Å². The SMILES string of the molecule is CC(C)=C1CCc2ccc3c(c2)CC#CC[C@]2(C)Oc4ccc5ccc(=O)oc5c4C(OC(=O)C[C@H](CCc4cccc(Cc5ccccc5)c4)C3)[C@@H]2OC1=O. The third-order valence-electron chi connectivity index (χ3n) is 11.5. The van der Waals surface area contributed by atoms with Crippen molar-refractivity contribution >= 4 is 22.9 Å². The first-order chi connectivity index (χ1) is 27.1. The molecule has 0 N–H and O–H groups in total. The first kappa shape index (κ1) is 37.1. The molecule has 0 spiro atoms. The molecule has 3 aliphatic heterocycles. The Balaban J connectivity index is 1.22. The Morgan fingerprint density at radius 1 is 0.786 bits per heavy atom. The maximum absolute atomic E-state index is 14.5. The molecule has 284 valence electrons. The van der Waals surface area contributed by atoms with Crippen molar-refractivity contribution in [2.75, 3.05) is 0 Å². The van der Waals surface area contributed by atoms with E-state index < -0.39 is 35.4 Å². The van der Waals surface area contributed by atoms with Crippen LogP contribution in [-0.4, -0.2) is 23.6 Å². The highest BCUT2D eigenvalue weighted by Crippen LogP contribution is 2.48. The van der Waals surface area contributed by atoms with Gasteiger partial charge in [-0.25, -0.2) is 9.59 Å². The topological polar surface area (TPSA) is 92.0 Å². The lowest BCUT2D eigenvalue weighted by Crippen LogP contribution is -2.54. The molecule has 1 aromatic heterocycles. The van der Waals surface area contributed by atoms with E-state index in [1.165, 1.54) is 22.8 Å². The van der Waals surface area contributed by atoms with Crippen molar-refractivity contribution in [3.05, 3.63) is 158 Å². The molecule has 4 atom stereocenters. The Labute approximate surface area is 327 Å². The van der Waals surface area contributed by atoms with Gasteiger partial charge in [-0.15, -0.1) is 0 Å². The summed E-state index contributed by atoms with van der Waals surface area (Å²) >= 11 is 0. The Morgan fingerprint density at radius 2 is 1.59 bits per heavy atom. The molecule has 0 saturated carbocycles. The molecule has 0 aliphatic carbocycles. The number of rotatable bonds is 5. The van der Waals surface area contributed by atoms with Gasteiger partial charge in [0.1, 0.15) is 11.3 Å². The molecule has 4 heterocycles. The highest BCUT2D eigenvalue weighted by Gasteiger charge is 2.53. The van der Waals surface area contributed by atoms with Crippen molar-refractivity contribution in [1.82, 2.24) is 0 Å². The quantitative estimate of drug-likeness (QED) is 0.0767. The minimum atomic E-state index is -1.21. The van der Waals surface area contributed by atoms with E-state index in [0.29, 0.717) is 48.0 Å². The summed E-state index contributed by atoms with van der Waals surface area (Å²) in [6.45, 7) is 5.65. The predicted molar refractivity (Wildman–Crippen MR) is 215 cm³/mol. The van der Waals surface area contributed by atoms with E-state index in [9.17, 15) is 14.4 Å². The Bertz CT molecular complexity index is 2460. The smallest absolute Gasteiger partial charge is 0.336 e.